The van der Waals surface area contributed by atoms with Crippen LogP contribution in [0.3, 0.4) is 0 Å². The number of hydrogen-bond donors (Lipinski definition) is 2. The molecule has 1 aromatic heterocycles. The van der Waals surface area contributed by atoms with E-state index in [0.717, 1.165) is 0 Å². The Kier molecular flexibility index (Phi) is 4.04. The number of carbonyl (C=O) groups excluding carboxylic acids is 3. The molecular formula is C12H12N2O6. The average molecular weight is 280 g/mol. The molecule has 0 saturated carbocycles. The van der Waals surface area contributed by atoms with Crippen LogP contribution >= 0.6 is 0 Å². The fraction of sp³-hybridized carbons (Fsp3) is 0.250. The van der Waals surface area contributed by atoms with E-state index in [4.69, 9.17) is 9.15 Å². The number of methoxy groups -OCH3 is 1. The van der Waals surface area contributed by atoms with Crippen molar-refractivity contribution in [3.63, 3.8) is 0 Å². The third kappa shape index (κ3) is 3.16. The second-order valence-corrected chi connectivity index (χ2v) is 3.83. The zero-order valence-electron chi connectivity index (χ0n) is 10.6. The van der Waals surface area contributed by atoms with Crippen LogP contribution in [-0.2, 0) is 25.7 Å². The Labute approximate surface area is 113 Å². The molecule has 0 fully saturated rings. The minimum Gasteiger partial charge on any atom is -0.463 e. The fourth-order valence-electron chi connectivity index (χ4n) is 1.45. The van der Waals surface area contributed by atoms with Gasteiger partial charge in [0, 0.05) is 6.42 Å². The van der Waals surface area contributed by atoms with Crippen LogP contribution in [0.5, 0.6) is 0 Å². The molecule has 1 aromatic rings. The van der Waals surface area contributed by atoms with Crippen LogP contribution in [-0.4, -0.2) is 25.0 Å². The Morgan fingerprint density at radius 2 is 2.10 bits per heavy atom. The Morgan fingerprint density at radius 3 is 2.75 bits per heavy atom. The van der Waals surface area contributed by atoms with Gasteiger partial charge in [0.2, 0.25) is 11.7 Å². The number of rotatable bonds is 4. The number of esters is 2. The summed E-state index contributed by atoms with van der Waals surface area (Å²) in [6, 6.07) is 2.93. The Balaban J connectivity index is 1.89. The van der Waals surface area contributed by atoms with Gasteiger partial charge in [0.05, 0.1) is 7.11 Å². The quantitative estimate of drug-likeness (QED) is 0.748. The Bertz CT molecular complexity index is 574. The minimum absolute atomic E-state index is 0.0285. The molecule has 8 heteroatoms. The van der Waals surface area contributed by atoms with Gasteiger partial charge in [-0.3, -0.25) is 15.6 Å². The van der Waals surface area contributed by atoms with Crippen LogP contribution in [0.25, 0.3) is 0 Å². The second-order valence-electron chi connectivity index (χ2n) is 3.83. The predicted octanol–water partition coefficient (Wildman–Crippen LogP) is 0.0178. The maximum Gasteiger partial charge on any atom is 0.373 e. The third-order valence-electron chi connectivity index (χ3n) is 2.44. The molecule has 2 N–H and O–H groups in total. The van der Waals surface area contributed by atoms with Crippen LogP contribution in [0, 0.1) is 0 Å². The second kappa shape index (κ2) is 5.91. The maximum absolute atomic E-state index is 11.6. The van der Waals surface area contributed by atoms with Crippen LogP contribution in [0.1, 0.15) is 22.7 Å². The summed E-state index contributed by atoms with van der Waals surface area (Å²) in [6.07, 6.45) is 1.52. The molecule has 20 heavy (non-hydrogen) atoms. The highest BCUT2D eigenvalue weighted by atomic mass is 16.6. The normalized spacial score (nSPS) is 13.8. The highest BCUT2D eigenvalue weighted by Gasteiger charge is 2.17. The van der Waals surface area contributed by atoms with Gasteiger partial charge in [-0.2, -0.15) is 0 Å². The highest BCUT2D eigenvalue weighted by molar-refractivity contribution is 5.91. The first kappa shape index (κ1) is 13.7. The lowest BCUT2D eigenvalue weighted by atomic mass is 10.3. The average Bonchev–Trinajstić information content (AvgIpc) is 2.93. The van der Waals surface area contributed by atoms with Crippen LogP contribution < -0.4 is 10.9 Å². The van der Waals surface area contributed by atoms with E-state index < -0.39 is 11.9 Å². The molecule has 0 bridgehead atoms. The first-order valence-electron chi connectivity index (χ1n) is 5.69. The van der Waals surface area contributed by atoms with Gasteiger partial charge < -0.3 is 13.9 Å². The van der Waals surface area contributed by atoms with Gasteiger partial charge in [0.25, 0.3) is 0 Å². The summed E-state index contributed by atoms with van der Waals surface area (Å²) in [5.74, 6) is -1.15. The number of furan rings is 1. The van der Waals surface area contributed by atoms with Crippen molar-refractivity contribution in [2.45, 2.75) is 13.0 Å². The molecular weight excluding hydrogens is 268 g/mol. The molecule has 0 atom stereocenters. The largest absolute Gasteiger partial charge is 0.463 e. The highest BCUT2D eigenvalue weighted by Crippen LogP contribution is 2.11. The lowest BCUT2D eigenvalue weighted by molar-refractivity contribution is -0.141. The van der Waals surface area contributed by atoms with Crippen LogP contribution in [0.2, 0.25) is 0 Å². The van der Waals surface area contributed by atoms with Gasteiger partial charge in [0.15, 0.2) is 0 Å². The van der Waals surface area contributed by atoms with Gasteiger partial charge in [-0.25, -0.2) is 9.59 Å². The van der Waals surface area contributed by atoms with Gasteiger partial charge in [-0.1, -0.05) is 0 Å². The molecule has 0 aromatic carbocycles. The molecule has 1 aliphatic rings. The number of hydrazine groups is 1. The summed E-state index contributed by atoms with van der Waals surface area (Å²) >= 11 is 0. The fourth-order valence-corrected chi connectivity index (χ4v) is 1.45. The zero-order valence-corrected chi connectivity index (χ0v) is 10.6. The van der Waals surface area contributed by atoms with E-state index in [9.17, 15) is 14.4 Å². The van der Waals surface area contributed by atoms with Crippen molar-refractivity contribution in [1.29, 1.82) is 0 Å². The Hall–Kier alpha value is -2.77. The van der Waals surface area contributed by atoms with E-state index >= 15 is 0 Å². The molecule has 106 valence electrons. The van der Waals surface area contributed by atoms with Crippen molar-refractivity contribution in [1.82, 2.24) is 10.9 Å². The van der Waals surface area contributed by atoms with Crippen LogP contribution in [0.4, 0.5) is 0 Å². The van der Waals surface area contributed by atoms with E-state index in [2.05, 4.69) is 15.6 Å². The number of hydrogen-bond acceptors (Lipinski definition) is 7. The molecule has 1 amide bonds. The number of carbonyl (C=O) groups is 3. The molecule has 0 radical (unpaired) electrons. The molecule has 1 aliphatic heterocycles. The van der Waals surface area contributed by atoms with Gasteiger partial charge in [-0.15, -0.1) is 0 Å². The summed E-state index contributed by atoms with van der Waals surface area (Å²) < 4.78 is 14.6. The zero-order chi connectivity index (χ0) is 14.5. The predicted molar refractivity (Wildman–Crippen MR) is 63.8 cm³/mol. The number of amides is 1. The standard InChI is InChI=1S/C12H12N2O6/c1-18-12(17)9-4-2-7(20-9)6-19-11(16)8-3-5-10(15)14-13-8/h2-4,13H,5-6H2,1H3,(H,14,15). The Morgan fingerprint density at radius 1 is 1.30 bits per heavy atom. The monoisotopic (exact) mass is 280 g/mol. The van der Waals surface area contributed by atoms with Crippen molar-refractivity contribution >= 4 is 17.8 Å². The van der Waals surface area contributed by atoms with Gasteiger partial charge >= 0.3 is 11.9 Å². The first-order chi connectivity index (χ1) is 9.60. The maximum atomic E-state index is 11.6. The molecule has 0 aliphatic carbocycles. The summed E-state index contributed by atoms with van der Waals surface area (Å²) in [5.41, 5.74) is 4.86. The van der Waals surface area contributed by atoms with E-state index in [1.54, 1.807) is 0 Å². The summed E-state index contributed by atoms with van der Waals surface area (Å²) in [4.78, 5) is 33.7. The topological polar surface area (TPSA) is 107 Å². The van der Waals surface area contributed by atoms with E-state index in [1.165, 1.54) is 25.3 Å². The first-order valence-corrected chi connectivity index (χ1v) is 5.69. The molecule has 8 nitrogen and oxygen atoms in total. The number of ether oxygens (including phenoxy) is 2. The molecule has 0 unspecified atom stereocenters. The lowest BCUT2D eigenvalue weighted by Gasteiger charge is -2.14. The van der Waals surface area contributed by atoms with Crippen LogP contribution in [0.15, 0.2) is 28.3 Å². The van der Waals surface area contributed by atoms with Gasteiger partial charge in [-0.05, 0) is 18.2 Å². The SMILES string of the molecule is COC(=O)c1ccc(COC(=O)C2=CCC(=O)NN2)o1. The summed E-state index contributed by atoms with van der Waals surface area (Å²) in [6.45, 7) is -0.136. The van der Waals surface area contributed by atoms with Crippen molar-refractivity contribution in [3.8, 4) is 0 Å². The third-order valence-corrected chi connectivity index (χ3v) is 2.44. The lowest BCUT2D eigenvalue weighted by Crippen LogP contribution is -2.42. The number of nitrogens with one attached hydrogen (secondary N) is 2. The van der Waals surface area contributed by atoms with Crippen molar-refractivity contribution in [2.75, 3.05) is 7.11 Å². The molecule has 2 heterocycles. The molecule has 0 saturated heterocycles. The summed E-state index contributed by atoms with van der Waals surface area (Å²) in [7, 11) is 1.24. The molecule has 2 rings (SSSR count). The van der Waals surface area contributed by atoms with E-state index in [-0.39, 0.29) is 30.4 Å². The van der Waals surface area contributed by atoms with Crippen molar-refractivity contribution in [3.05, 3.63) is 35.4 Å². The minimum atomic E-state index is -0.638. The van der Waals surface area contributed by atoms with E-state index in [1.807, 2.05) is 0 Å². The summed E-state index contributed by atoms with van der Waals surface area (Å²) in [5, 5.41) is 0. The van der Waals surface area contributed by atoms with Crippen molar-refractivity contribution < 1.29 is 28.3 Å². The van der Waals surface area contributed by atoms with Crippen molar-refractivity contribution in [2.24, 2.45) is 0 Å². The smallest absolute Gasteiger partial charge is 0.373 e. The molecule has 0 spiro atoms. The van der Waals surface area contributed by atoms with Gasteiger partial charge in [0.1, 0.15) is 18.1 Å². The van der Waals surface area contributed by atoms with E-state index in [0.29, 0.717) is 5.76 Å².